The van der Waals surface area contributed by atoms with Crippen LogP contribution in [0.4, 0.5) is 10.5 Å². The molecule has 2 fully saturated rings. The third kappa shape index (κ3) is 5.48. The predicted molar refractivity (Wildman–Crippen MR) is 173 cm³/mol. The Bertz CT molecular complexity index is 1760. The van der Waals surface area contributed by atoms with E-state index in [9.17, 15) is 23.3 Å². The standard InChI is InChI=1S/C34H38N6O5S/c1-3-45-31-12-8-7-11-28(31)34(36-33(42)39-17-15-26(16-18-39)38-21-19-37(2)20-22-38)29-23-25(24-35)13-14-30(29)40(32(34)41)46(43,44)27-9-5-4-6-10-27/h4-14,23,26H,3,15-22H2,1-2H3,(H,36,42). The van der Waals surface area contributed by atoms with Crippen molar-refractivity contribution >= 4 is 27.6 Å². The van der Waals surface area contributed by atoms with Crippen molar-refractivity contribution in [2.45, 2.75) is 36.2 Å². The van der Waals surface area contributed by atoms with E-state index in [-0.39, 0.29) is 33.9 Å². The normalized spacial score (nSPS) is 21.1. The third-order valence-corrected chi connectivity index (χ3v) is 10.9. The first-order chi connectivity index (χ1) is 22.2. The van der Waals surface area contributed by atoms with Crippen molar-refractivity contribution in [3.63, 3.8) is 0 Å². The fourth-order valence-electron chi connectivity index (χ4n) is 6.76. The van der Waals surface area contributed by atoms with E-state index >= 15 is 0 Å². The Morgan fingerprint density at radius 1 is 0.957 bits per heavy atom. The number of hydrogen-bond donors (Lipinski definition) is 1. The number of nitriles is 1. The van der Waals surface area contributed by atoms with E-state index in [1.807, 2.05) is 0 Å². The molecular formula is C34H38N6O5S. The summed E-state index contributed by atoms with van der Waals surface area (Å²) in [6, 6.07) is 20.9. The van der Waals surface area contributed by atoms with E-state index in [4.69, 9.17) is 4.74 Å². The van der Waals surface area contributed by atoms with Crippen LogP contribution in [-0.2, 0) is 20.4 Å². The van der Waals surface area contributed by atoms with Crippen molar-refractivity contribution in [3.8, 4) is 11.8 Å². The summed E-state index contributed by atoms with van der Waals surface area (Å²) in [5.74, 6) is -0.561. The lowest BCUT2D eigenvalue weighted by molar-refractivity contribution is -0.121. The van der Waals surface area contributed by atoms with E-state index in [1.54, 1.807) is 54.3 Å². The van der Waals surface area contributed by atoms with Gasteiger partial charge in [0.2, 0.25) is 0 Å². The number of ether oxygens (including phenoxy) is 1. The molecule has 3 heterocycles. The van der Waals surface area contributed by atoms with Gasteiger partial charge in [0.15, 0.2) is 5.54 Å². The Kier molecular flexibility index (Phi) is 8.74. The first-order valence-electron chi connectivity index (χ1n) is 15.6. The van der Waals surface area contributed by atoms with Crippen LogP contribution in [0.3, 0.4) is 0 Å². The first kappa shape index (κ1) is 31.5. The van der Waals surface area contributed by atoms with Crippen molar-refractivity contribution < 1.29 is 22.7 Å². The maximum absolute atomic E-state index is 14.9. The van der Waals surface area contributed by atoms with Crippen molar-refractivity contribution in [1.29, 1.82) is 5.26 Å². The molecule has 0 spiro atoms. The zero-order valence-corrected chi connectivity index (χ0v) is 26.9. The summed E-state index contributed by atoms with van der Waals surface area (Å²) in [7, 11) is -2.30. The number of carbonyl (C=O) groups excluding carboxylic acids is 2. The number of benzene rings is 3. The summed E-state index contributed by atoms with van der Waals surface area (Å²) in [5, 5.41) is 12.9. The highest BCUT2D eigenvalue weighted by Gasteiger charge is 2.58. The second-order valence-corrected chi connectivity index (χ2v) is 13.7. The maximum atomic E-state index is 14.9. The Hall–Kier alpha value is -4.44. The third-order valence-electron chi connectivity index (χ3n) is 9.23. The highest BCUT2D eigenvalue weighted by Crippen LogP contribution is 2.49. The van der Waals surface area contributed by atoms with Crippen molar-refractivity contribution in [2.75, 3.05) is 57.2 Å². The molecule has 0 aliphatic carbocycles. The van der Waals surface area contributed by atoms with E-state index in [2.05, 4.69) is 28.2 Å². The summed E-state index contributed by atoms with van der Waals surface area (Å²) < 4.78 is 35.0. The van der Waals surface area contributed by atoms with E-state index in [0.717, 1.165) is 43.3 Å². The van der Waals surface area contributed by atoms with E-state index in [1.165, 1.54) is 30.3 Å². The Labute approximate surface area is 270 Å². The van der Waals surface area contributed by atoms with Gasteiger partial charge in [-0.3, -0.25) is 9.69 Å². The molecule has 3 aromatic rings. The molecule has 0 bridgehead atoms. The number of nitrogens with one attached hydrogen (secondary N) is 1. The van der Waals surface area contributed by atoms with Gasteiger partial charge in [0.25, 0.3) is 15.9 Å². The number of likely N-dealkylation sites (tertiary alicyclic amines) is 1. The summed E-state index contributed by atoms with van der Waals surface area (Å²) in [4.78, 5) is 35.6. The van der Waals surface area contributed by atoms with Crippen LogP contribution in [0.5, 0.6) is 5.75 Å². The molecule has 0 aromatic heterocycles. The first-order valence-corrected chi connectivity index (χ1v) is 17.1. The van der Waals surface area contributed by atoms with Crippen LogP contribution >= 0.6 is 0 Å². The average molecular weight is 643 g/mol. The zero-order chi connectivity index (χ0) is 32.5. The minimum absolute atomic E-state index is 0.0632. The molecule has 240 valence electrons. The summed E-state index contributed by atoms with van der Waals surface area (Å²) >= 11 is 0. The highest BCUT2D eigenvalue weighted by molar-refractivity contribution is 7.93. The molecule has 3 amide bonds. The molecular weight excluding hydrogens is 604 g/mol. The largest absolute Gasteiger partial charge is 0.493 e. The Morgan fingerprint density at radius 3 is 2.30 bits per heavy atom. The smallest absolute Gasteiger partial charge is 0.318 e. The number of piperidine rings is 1. The van der Waals surface area contributed by atoms with Crippen LogP contribution in [-0.4, -0.2) is 94.0 Å². The van der Waals surface area contributed by atoms with Crippen LogP contribution in [0, 0.1) is 11.3 Å². The molecule has 12 heteroatoms. The van der Waals surface area contributed by atoms with Crippen molar-refractivity contribution in [1.82, 2.24) is 20.0 Å². The van der Waals surface area contributed by atoms with Gasteiger partial charge in [-0.25, -0.2) is 13.2 Å². The number of fused-ring (bicyclic) bond motifs is 1. The average Bonchev–Trinajstić information content (AvgIpc) is 3.33. The number of anilines is 1. The molecule has 46 heavy (non-hydrogen) atoms. The number of nitrogens with zero attached hydrogens (tertiary/aromatic N) is 5. The minimum Gasteiger partial charge on any atom is -0.493 e. The van der Waals surface area contributed by atoms with Gasteiger partial charge in [0, 0.05) is 56.4 Å². The number of hydrogen-bond acceptors (Lipinski definition) is 8. The SMILES string of the molecule is CCOc1ccccc1C1(NC(=O)N2CCC(N3CCN(C)CC3)CC2)C(=O)N(S(=O)(=O)c2ccccc2)c2ccc(C#N)cc21. The minimum atomic E-state index is -4.42. The number of para-hydroxylation sites is 1. The maximum Gasteiger partial charge on any atom is 0.318 e. The second-order valence-electron chi connectivity index (χ2n) is 11.9. The molecule has 3 aliphatic heterocycles. The number of amides is 3. The number of rotatable bonds is 7. The summed E-state index contributed by atoms with van der Waals surface area (Å²) in [6.07, 6.45) is 1.58. The molecule has 2 saturated heterocycles. The lowest BCUT2D eigenvalue weighted by Crippen LogP contribution is -2.59. The fourth-order valence-corrected chi connectivity index (χ4v) is 8.25. The molecule has 3 aliphatic rings. The molecule has 1 atom stereocenters. The van der Waals surface area contributed by atoms with Crippen LogP contribution in [0.1, 0.15) is 36.5 Å². The molecule has 0 saturated carbocycles. The molecule has 11 nitrogen and oxygen atoms in total. The molecule has 1 unspecified atom stereocenters. The Morgan fingerprint density at radius 2 is 1.63 bits per heavy atom. The zero-order valence-electron chi connectivity index (χ0n) is 26.1. The lowest BCUT2D eigenvalue weighted by atomic mass is 9.82. The van der Waals surface area contributed by atoms with Gasteiger partial charge < -0.3 is 19.9 Å². The molecule has 0 radical (unpaired) electrons. The number of piperazine rings is 1. The number of carbonyl (C=O) groups is 2. The van der Waals surface area contributed by atoms with Crippen LogP contribution < -0.4 is 14.4 Å². The van der Waals surface area contributed by atoms with Gasteiger partial charge in [-0.2, -0.15) is 9.57 Å². The summed E-state index contributed by atoms with van der Waals surface area (Å²) in [5.41, 5.74) is -1.26. The number of urea groups is 1. The van der Waals surface area contributed by atoms with Crippen LogP contribution in [0.25, 0.3) is 0 Å². The van der Waals surface area contributed by atoms with Gasteiger partial charge >= 0.3 is 6.03 Å². The summed E-state index contributed by atoms with van der Waals surface area (Å²) in [6.45, 7) is 7.04. The van der Waals surface area contributed by atoms with Gasteiger partial charge in [-0.15, -0.1) is 0 Å². The number of likely N-dealkylation sites (N-methyl/N-ethyl adjacent to an activating group) is 1. The predicted octanol–water partition coefficient (Wildman–Crippen LogP) is 3.36. The Balaban J connectivity index is 1.43. The highest BCUT2D eigenvalue weighted by atomic mass is 32.2. The van der Waals surface area contributed by atoms with E-state index in [0.29, 0.717) is 24.9 Å². The van der Waals surface area contributed by atoms with Gasteiger partial charge in [0.1, 0.15) is 5.75 Å². The van der Waals surface area contributed by atoms with Gasteiger partial charge in [0.05, 0.1) is 28.8 Å². The second kappa shape index (κ2) is 12.7. The van der Waals surface area contributed by atoms with Crippen molar-refractivity contribution in [3.05, 3.63) is 89.5 Å². The van der Waals surface area contributed by atoms with Gasteiger partial charge in [-0.1, -0.05) is 36.4 Å². The fraction of sp³-hybridized carbons (Fsp3) is 0.382. The molecule has 3 aromatic carbocycles. The van der Waals surface area contributed by atoms with Crippen LogP contribution in [0.2, 0.25) is 0 Å². The monoisotopic (exact) mass is 642 g/mol. The lowest BCUT2D eigenvalue weighted by Gasteiger charge is -2.42. The van der Waals surface area contributed by atoms with Crippen LogP contribution in [0.15, 0.2) is 77.7 Å². The number of sulfonamides is 1. The topological polar surface area (TPSA) is 126 Å². The van der Waals surface area contributed by atoms with Crippen molar-refractivity contribution in [2.24, 2.45) is 0 Å². The molecule has 6 rings (SSSR count). The van der Waals surface area contributed by atoms with E-state index < -0.39 is 27.5 Å². The quantitative estimate of drug-likeness (QED) is 0.416. The molecule has 1 N–H and O–H groups in total. The van der Waals surface area contributed by atoms with Gasteiger partial charge in [-0.05, 0) is 63.2 Å².